The molecule has 0 atom stereocenters. The van der Waals surface area contributed by atoms with Crippen LogP contribution in [0, 0.1) is 0 Å². The van der Waals surface area contributed by atoms with Crippen molar-refractivity contribution in [3.63, 3.8) is 0 Å². The molecule has 0 saturated heterocycles. The molecule has 7 nitrogen and oxygen atoms in total. The lowest BCUT2D eigenvalue weighted by Crippen LogP contribution is -2.41. The maximum atomic E-state index is 13.4. The third kappa shape index (κ3) is 5.90. The molecule has 0 aliphatic rings. The van der Waals surface area contributed by atoms with Crippen LogP contribution in [0.1, 0.15) is 0 Å². The summed E-state index contributed by atoms with van der Waals surface area (Å²) in [5.41, 5.74) is 0.243. The zero-order valence-corrected chi connectivity index (χ0v) is 21.1. The van der Waals surface area contributed by atoms with Crippen molar-refractivity contribution in [2.24, 2.45) is 0 Å². The normalized spacial score (nSPS) is 11.2. The third-order valence-corrected chi connectivity index (χ3v) is 7.54. The second kappa shape index (κ2) is 11.3. The van der Waals surface area contributed by atoms with Crippen LogP contribution in [-0.4, -0.2) is 41.1 Å². The molecule has 0 aromatic heterocycles. The maximum absolute atomic E-state index is 13.4. The molecule has 0 aliphatic carbocycles. The molecule has 0 saturated carbocycles. The number of hydrogen-bond acceptors (Lipinski definition) is 5. The van der Waals surface area contributed by atoms with E-state index in [-0.39, 0.29) is 28.8 Å². The molecule has 4 aromatic carbocycles. The first-order valence-electron chi connectivity index (χ1n) is 11.2. The van der Waals surface area contributed by atoms with E-state index in [1.54, 1.807) is 30.3 Å². The Kier molecular flexibility index (Phi) is 7.97. The molecule has 1 N–H and O–H groups in total. The van der Waals surface area contributed by atoms with Gasteiger partial charge in [0.25, 0.3) is 10.0 Å². The lowest BCUT2D eigenvalue weighted by atomic mass is 10.1. The Morgan fingerprint density at radius 3 is 2.36 bits per heavy atom. The molecule has 0 radical (unpaired) electrons. The number of ether oxygens (including phenoxy) is 2. The number of sulfonamides is 1. The first-order chi connectivity index (χ1) is 17.4. The van der Waals surface area contributed by atoms with Gasteiger partial charge in [0, 0.05) is 0 Å². The zero-order valence-electron chi connectivity index (χ0n) is 19.6. The van der Waals surface area contributed by atoms with E-state index in [1.807, 2.05) is 42.5 Å². The molecule has 0 unspecified atom stereocenters. The van der Waals surface area contributed by atoms with Gasteiger partial charge in [-0.25, -0.2) is 8.42 Å². The minimum atomic E-state index is -4.04. The number of benzene rings is 4. The highest BCUT2D eigenvalue weighted by atomic mass is 35.5. The van der Waals surface area contributed by atoms with Crippen LogP contribution in [0.4, 0.5) is 5.69 Å². The van der Waals surface area contributed by atoms with Crippen molar-refractivity contribution in [3.05, 3.63) is 96.0 Å². The van der Waals surface area contributed by atoms with Crippen LogP contribution >= 0.6 is 11.6 Å². The number of nitrogens with zero attached hydrogens (tertiary/aromatic N) is 1. The summed E-state index contributed by atoms with van der Waals surface area (Å²) in [4.78, 5) is 12.8. The van der Waals surface area contributed by atoms with Crippen LogP contribution in [0.5, 0.6) is 11.5 Å². The van der Waals surface area contributed by atoms with E-state index in [9.17, 15) is 13.2 Å². The lowest BCUT2D eigenvalue weighted by Gasteiger charge is -2.24. The van der Waals surface area contributed by atoms with E-state index in [4.69, 9.17) is 21.1 Å². The third-order valence-electron chi connectivity index (χ3n) is 5.46. The molecule has 0 spiro atoms. The minimum absolute atomic E-state index is 0.0596. The lowest BCUT2D eigenvalue weighted by molar-refractivity contribution is -0.119. The Morgan fingerprint density at radius 2 is 1.64 bits per heavy atom. The van der Waals surface area contributed by atoms with Crippen molar-refractivity contribution in [1.82, 2.24) is 5.32 Å². The van der Waals surface area contributed by atoms with E-state index >= 15 is 0 Å². The number of anilines is 1. The van der Waals surface area contributed by atoms with E-state index in [0.717, 1.165) is 15.1 Å². The fraction of sp³-hybridized carbons (Fsp3) is 0.148. The summed E-state index contributed by atoms with van der Waals surface area (Å²) in [5.74, 6) is 0.598. The molecule has 4 rings (SSSR count). The predicted molar refractivity (Wildman–Crippen MR) is 141 cm³/mol. The Balaban J connectivity index is 1.44. The van der Waals surface area contributed by atoms with Crippen LogP contribution in [0.2, 0.25) is 5.02 Å². The Labute approximate surface area is 215 Å². The second-order valence-electron chi connectivity index (χ2n) is 7.85. The van der Waals surface area contributed by atoms with Gasteiger partial charge in [-0.3, -0.25) is 9.10 Å². The van der Waals surface area contributed by atoms with Crippen LogP contribution in [0.25, 0.3) is 10.8 Å². The van der Waals surface area contributed by atoms with Gasteiger partial charge in [0.15, 0.2) is 0 Å². The van der Waals surface area contributed by atoms with Gasteiger partial charge in [-0.05, 0) is 53.2 Å². The largest absolute Gasteiger partial charge is 0.495 e. The van der Waals surface area contributed by atoms with Gasteiger partial charge in [-0.15, -0.1) is 0 Å². The van der Waals surface area contributed by atoms with Gasteiger partial charge in [-0.1, -0.05) is 60.1 Å². The first kappa shape index (κ1) is 25.3. The van der Waals surface area contributed by atoms with Gasteiger partial charge in [0.2, 0.25) is 5.91 Å². The first-order valence-corrected chi connectivity index (χ1v) is 13.0. The molecule has 9 heteroatoms. The number of nitrogens with one attached hydrogen (secondary N) is 1. The Bertz CT molecular complexity index is 1460. The standard InChI is InChI=1S/C27H25ClN2O5S/c1-34-26-14-12-22(18-25(26)28)30(36(32,33)24-9-3-2-4-10-24)19-27(31)29-15-16-35-23-13-11-20-7-5-6-8-21(20)17-23/h2-14,17-18H,15-16,19H2,1H3,(H,29,31). The van der Waals surface area contributed by atoms with Crippen molar-refractivity contribution in [3.8, 4) is 11.5 Å². The van der Waals surface area contributed by atoms with Gasteiger partial charge in [0.1, 0.15) is 24.7 Å². The number of amides is 1. The van der Waals surface area contributed by atoms with Crippen molar-refractivity contribution < 1.29 is 22.7 Å². The molecule has 36 heavy (non-hydrogen) atoms. The summed E-state index contributed by atoms with van der Waals surface area (Å²) in [7, 11) is -2.57. The number of carbonyl (C=O) groups is 1. The van der Waals surface area contributed by atoms with Crippen LogP contribution < -0.4 is 19.1 Å². The van der Waals surface area contributed by atoms with E-state index in [0.29, 0.717) is 11.5 Å². The fourth-order valence-electron chi connectivity index (χ4n) is 3.65. The monoisotopic (exact) mass is 524 g/mol. The van der Waals surface area contributed by atoms with Gasteiger partial charge < -0.3 is 14.8 Å². The van der Waals surface area contributed by atoms with E-state index < -0.39 is 22.5 Å². The fourth-order valence-corrected chi connectivity index (χ4v) is 5.33. The van der Waals surface area contributed by atoms with Crippen LogP contribution in [-0.2, 0) is 14.8 Å². The molecule has 0 bridgehead atoms. The SMILES string of the molecule is COc1ccc(N(CC(=O)NCCOc2ccc3ccccc3c2)S(=O)(=O)c2ccccc2)cc1Cl. The number of fused-ring (bicyclic) bond motifs is 1. The predicted octanol–water partition coefficient (Wildman–Crippen LogP) is 4.89. The summed E-state index contributed by atoms with van der Waals surface area (Å²) in [6.45, 7) is -0.00596. The molecular weight excluding hydrogens is 500 g/mol. The molecule has 0 aliphatic heterocycles. The number of carbonyl (C=O) groups excluding carboxylic acids is 1. The highest BCUT2D eigenvalue weighted by Crippen LogP contribution is 2.31. The summed E-state index contributed by atoms with van der Waals surface area (Å²) in [6.07, 6.45) is 0. The van der Waals surface area contributed by atoms with Gasteiger partial charge >= 0.3 is 0 Å². The van der Waals surface area contributed by atoms with Gasteiger partial charge in [0.05, 0.1) is 29.3 Å². The van der Waals surface area contributed by atoms with E-state index in [2.05, 4.69) is 5.32 Å². The highest BCUT2D eigenvalue weighted by molar-refractivity contribution is 7.92. The second-order valence-corrected chi connectivity index (χ2v) is 10.1. The number of methoxy groups -OCH3 is 1. The molecule has 1 amide bonds. The van der Waals surface area contributed by atoms with Crippen molar-refractivity contribution in [2.75, 3.05) is 31.1 Å². The summed E-state index contributed by atoms with van der Waals surface area (Å²) < 4.78 is 38.7. The van der Waals surface area contributed by atoms with Crippen molar-refractivity contribution in [2.45, 2.75) is 4.90 Å². The summed E-state index contributed by atoms with van der Waals surface area (Å²) in [6, 6.07) is 26.2. The van der Waals surface area contributed by atoms with Gasteiger partial charge in [-0.2, -0.15) is 0 Å². The molecular formula is C27H25ClN2O5S. The average molecular weight is 525 g/mol. The number of rotatable bonds is 10. The van der Waals surface area contributed by atoms with Crippen LogP contribution in [0.15, 0.2) is 95.9 Å². The quantitative estimate of drug-likeness (QED) is 0.298. The molecule has 4 aromatic rings. The number of halogens is 1. The summed E-state index contributed by atoms with van der Waals surface area (Å²) in [5, 5.41) is 5.11. The van der Waals surface area contributed by atoms with Crippen molar-refractivity contribution >= 4 is 44.0 Å². The molecule has 0 heterocycles. The molecule has 0 fully saturated rings. The smallest absolute Gasteiger partial charge is 0.264 e. The highest BCUT2D eigenvalue weighted by Gasteiger charge is 2.27. The van der Waals surface area contributed by atoms with Crippen molar-refractivity contribution in [1.29, 1.82) is 0 Å². The van der Waals surface area contributed by atoms with E-state index in [1.165, 1.54) is 25.3 Å². The Hall–Kier alpha value is -3.75. The number of hydrogen-bond donors (Lipinski definition) is 1. The average Bonchev–Trinajstić information content (AvgIpc) is 2.90. The minimum Gasteiger partial charge on any atom is -0.495 e. The zero-order chi connectivity index (χ0) is 25.5. The van der Waals surface area contributed by atoms with Crippen LogP contribution in [0.3, 0.4) is 0 Å². The Morgan fingerprint density at radius 1 is 0.917 bits per heavy atom. The summed E-state index contributed by atoms with van der Waals surface area (Å²) >= 11 is 6.24. The molecule has 186 valence electrons. The maximum Gasteiger partial charge on any atom is 0.264 e. The topological polar surface area (TPSA) is 84.9 Å².